The molecule has 0 aliphatic rings. The monoisotopic (exact) mass is 330 g/mol. The highest BCUT2D eigenvalue weighted by molar-refractivity contribution is 6.30. The molecule has 0 unspecified atom stereocenters. The van der Waals surface area contributed by atoms with Gasteiger partial charge in [-0.2, -0.15) is 0 Å². The molecule has 1 aromatic heterocycles. The molecular formula is C17H15ClN2O3. The van der Waals surface area contributed by atoms with Crippen molar-refractivity contribution in [1.29, 1.82) is 0 Å². The minimum absolute atomic E-state index is 0.0187. The molecule has 0 fully saturated rings. The number of hydrogen-bond acceptors (Lipinski definition) is 4. The fourth-order valence-corrected chi connectivity index (χ4v) is 1.86. The fourth-order valence-electron chi connectivity index (χ4n) is 1.73. The van der Waals surface area contributed by atoms with Gasteiger partial charge in [0, 0.05) is 23.3 Å². The molecule has 2 rings (SSSR count). The molecular weight excluding hydrogens is 316 g/mol. The maximum Gasteiger partial charge on any atom is 0.273 e. The number of nitrogens with zero attached hydrogens (tertiary/aromatic N) is 1. The Labute approximate surface area is 139 Å². The van der Waals surface area contributed by atoms with Crippen LogP contribution in [0.1, 0.15) is 23.0 Å². The lowest BCUT2D eigenvalue weighted by Gasteiger charge is -2.03. The van der Waals surface area contributed by atoms with Crippen molar-refractivity contribution in [2.45, 2.75) is 6.92 Å². The van der Waals surface area contributed by atoms with Gasteiger partial charge in [0.15, 0.2) is 5.69 Å². The number of pyridine rings is 1. The van der Waals surface area contributed by atoms with Crippen LogP contribution in [0.4, 0.5) is 0 Å². The first-order valence-electron chi connectivity index (χ1n) is 6.94. The van der Waals surface area contributed by atoms with Crippen LogP contribution in [0.25, 0.3) is 0 Å². The molecule has 6 heteroatoms. The van der Waals surface area contributed by atoms with Gasteiger partial charge in [0.05, 0.1) is 0 Å². The molecule has 0 bridgehead atoms. The molecule has 0 radical (unpaired) electrons. The summed E-state index contributed by atoms with van der Waals surface area (Å²) in [5.41, 5.74) is 0.477. The van der Waals surface area contributed by atoms with E-state index in [1.807, 2.05) is 0 Å². The zero-order chi connectivity index (χ0) is 16.7. The average molecular weight is 331 g/mol. The van der Waals surface area contributed by atoms with E-state index in [9.17, 15) is 9.90 Å². The Morgan fingerprint density at radius 3 is 2.78 bits per heavy atom. The number of aromatic hydroxyl groups is 1. The normalized spacial score (nSPS) is 9.65. The summed E-state index contributed by atoms with van der Waals surface area (Å²) in [5.74, 6) is 5.65. The van der Waals surface area contributed by atoms with Crippen LogP contribution < -0.4 is 10.1 Å². The summed E-state index contributed by atoms with van der Waals surface area (Å²) < 4.78 is 5.43. The van der Waals surface area contributed by atoms with E-state index in [2.05, 4.69) is 22.1 Å². The molecule has 0 spiro atoms. The zero-order valence-corrected chi connectivity index (χ0v) is 13.2. The number of rotatable bonds is 4. The molecule has 0 aliphatic carbocycles. The molecule has 0 atom stereocenters. The second-order valence-electron chi connectivity index (χ2n) is 4.50. The lowest BCUT2D eigenvalue weighted by molar-refractivity contribution is 0.0948. The largest absolute Gasteiger partial charge is 0.505 e. The van der Waals surface area contributed by atoms with Gasteiger partial charge in [0.25, 0.3) is 5.91 Å². The Kier molecular flexibility index (Phi) is 5.84. The third-order valence-corrected chi connectivity index (χ3v) is 3.03. The molecule has 2 N–H and O–H groups in total. The average Bonchev–Trinajstić information content (AvgIpc) is 2.53. The Morgan fingerprint density at radius 1 is 1.39 bits per heavy atom. The number of carbonyl (C=O) groups excluding carboxylic acids is 1. The van der Waals surface area contributed by atoms with E-state index < -0.39 is 5.91 Å². The van der Waals surface area contributed by atoms with E-state index in [0.717, 1.165) is 0 Å². The second-order valence-corrected chi connectivity index (χ2v) is 4.93. The molecule has 1 amide bonds. The molecule has 0 saturated heterocycles. The maximum atomic E-state index is 11.6. The third-order valence-electron chi connectivity index (χ3n) is 2.78. The van der Waals surface area contributed by atoms with Crippen molar-refractivity contribution < 1.29 is 14.6 Å². The first kappa shape index (κ1) is 16.7. The summed E-state index contributed by atoms with van der Waals surface area (Å²) >= 11 is 5.78. The number of carbonyl (C=O) groups is 1. The molecule has 118 valence electrons. The van der Waals surface area contributed by atoms with Crippen LogP contribution >= 0.6 is 11.6 Å². The first-order valence-corrected chi connectivity index (χ1v) is 7.32. The van der Waals surface area contributed by atoms with Gasteiger partial charge in [-0.05, 0) is 37.3 Å². The van der Waals surface area contributed by atoms with Crippen LogP contribution in [-0.4, -0.2) is 29.1 Å². The summed E-state index contributed by atoms with van der Waals surface area (Å²) in [6.45, 7) is 2.43. The highest BCUT2D eigenvalue weighted by Gasteiger charge is 2.11. The van der Waals surface area contributed by atoms with Crippen molar-refractivity contribution in [3.05, 3.63) is 52.8 Å². The molecule has 0 aliphatic heterocycles. The second kappa shape index (κ2) is 8.06. The van der Waals surface area contributed by atoms with Crippen molar-refractivity contribution in [2.24, 2.45) is 0 Å². The summed E-state index contributed by atoms with van der Waals surface area (Å²) in [6.07, 6.45) is 1.43. The summed E-state index contributed by atoms with van der Waals surface area (Å²) in [4.78, 5) is 15.5. The number of aromatic nitrogens is 1. The number of amides is 1. The van der Waals surface area contributed by atoms with Crippen LogP contribution in [0.3, 0.4) is 0 Å². The molecule has 23 heavy (non-hydrogen) atoms. The summed E-state index contributed by atoms with van der Waals surface area (Å²) in [7, 11) is 0. The topological polar surface area (TPSA) is 71.5 Å². The van der Waals surface area contributed by atoms with Gasteiger partial charge in [0.2, 0.25) is 0 Å². The smallest absolute Gasteiger partial charge is 0.273 e. The zero-order valence-electron chi connectivity index (χ0n) is 12.5. The Morgan fingerprint density at radius 2 is 2.13 bits per heavy atom. The maximum absolute atomic E-state index is 11.6. The van der Waals surface area contributed by atoms with Gasteiger partial charge >= 0.3 is 0 Å². The minimum Gasteiger partial charge on any atom is -0.505 e. The Balaban J connectivity index is 1.97. The molecule has 1 heterocycles. The summed E-state index contributed by atoms with van der Waals surface area (Å²) in [6, 6.07) is 8.35. The van der Waals surface area contributed by atoms with Crippen LogP contribution in [-0.2, 0) is 0 Å². The SMILES string of the molecule is CCNC(=O)c1ncc(C#CCOc2ccc(Cl)cc2)cc1O. The molecule has 1 aromatic carbocycles. The van der Waals surface area contributed by atoms with Crippen LogP contribution in [0.5, 0.6) is 11.5 Å². The number of ether oxygens (including phenoxy) is 1. The van der Waals surface area contributed by atoms with Crippen molar-refractivity contribution in [3.8, 4) is 23.3 Å². The quantitative estimate of drug-likeness (QED) is 0.845. The van der Waals surface area contributed by atoms with Crippen LogP contribution in [0.2, 0.25) is 5.02 Å². The highest BCUT2D eigenvalue weighted by Crippen LogP contribution is 2.16. The Bertz CT molecular complexity index is 749. The number of halogens is 1. The van der Waals surface area contributed by atoms with E-state index in [0.29, 0.717) is 22.9 Å². The van der Waals surface area contributed by atoms with Gasteiger partial charge < -0.3 is 15.2 Å². The van der Waals surface area contributed by atoms with E-state index in [-0.39, 0.29) is 18.1 Å². The lowest BCUT2D eigenvalue weighted by atomic mass is 10.2. The molecule has 5 nitrogen and oxygen atoms in total. The predicted octanol–water partition coefficient (Wildman–Crippen LogP) is 2.62. The van der Waals surface area contributed by atoms with Crippen molar-refractivity contribution >= 4 is 17.5 Å². The van der Waals surface area contributed by atoms with E-state index in [1.165, 1.54) is 12.3 Å². The number of hydrogen-bond donors (Lipinski definition) is 2. The fraction of sp³-hybridized carbons (Fsp3) is 0.176. The standard InChI is InChI=1S/C17H15ClN2O3/c1-2-19-17(22)16-15(21)10-12(11-20-16)4-3-9-23-14-7-5-13(18)6-8-14/h5-8,10-11,21H,2,9H2,1H3,(H,19,22). The predicted molar refractivity (Wildman–Crippen MR) is 87.7 cm³/mol. The van der Waals surface area contributed by atoms with E-state index >= 15 is 0 Å². The highest BCUT2D eigenvalue weighted by atomic mass is 35.5. The minimum atomic E-state index is -0.421. The van der Waals surface area contributed by atoms with Crippen LogP contribution in [0, 0.1) is 11.8 Å². The van der Waals surface area contributed by atoms with Crippen LogP contribution in [0.15, 0.2) is 36.5 Å². The number of nitrogens with one attached hydrogen (secondary N) is 1. The molecule has 0 saturated carbocycles. The van der Waals surface area contributed by atoms with E-state index in [4.69, 9.17) is 16.3 Å². The first-order chi connectivity index (χ1) is 11.1. The van der Waals surface area contributed by atoms with Gasteiger partial charge in [0.1, 0.15) is 18.1 Å². The molecule has 2 aromatic rings. The van der Waals surface area contributed by atoms with Crippen molar-refractivity contribution in [3.63, 3.8) is 0 Å². The third kappa shape index (κ3) is 4.90. The van der Waals surface area contributed by atoms with Gasteiger partial charge in [-0.1, -0.05) is 23.4 Å². The lowest BCUT2D eigenvalue weighted by Crippen LogP contribution is -2.23. The number of benzene rings is 1. The van der Waals surface area contributed by atoms with Gasteiger partial charge in [-0.3, -0.25) is 4.79 Å². The van der Waals surface area contributed by atoms with Gasteiger partial charge in [-0.15, -0.1) is 0 Å². The van der Waals surface area contributed by atoms with Crippen molar-refractivity contribution in [1.82, 2.24) is 10.3 Å². The summed E-state index contributed by atoms with van der Waals surface area (Å²) in [5, 5.41) is 13.0. The van der Waals surface area contributed by atoms with Crippen molar-refractivity contribution in [2.75, 3.05) is 13.2 Å². The Hall–Kier alpha value is -2.71. The van der Waals surface area contributed by atoms with Gasteiger partial charge in [-0.25, -0.2) is 4.98 Å². The van der Waals surface area contributed by atoms with E-state index in [1.54, 1.807) is 31.2 Å².